The summed E-state index contributed by atoms with van der Waals surface area (Å²) in [5.74, 6) is 0.474. The number of methoxy groups -OCH3 is 1. The molecule has 0 radical (unpaired) electrons. The second-order valence-corrected chi connectivity index (χ2v) is 6.51. The Balaban J connectivity index is 1.85. The third-order valence-electron chi connectivity index (χ3n) is 4.80. The summed E-state index contributed by atoms with van der Waals surface area (Å²) in [4.78, 5) is 23.5. The highest BCUT2D eigenvalue weighted by Gasteiger charge is 2.32. The van der Waals surface area contributed by atoms with Crippen LogP contribution in [0, 0.1) is 11.8 Å². The van der Waals surface area contributed by atoms with Gasteiger partial charge >= 0.3 is 12.1 Å². The van der Waals surface area contributed by atoms with E-state index in [2.05, 4.69) is 12.2 Å². The molecule has 0 aliphatic heterocycles. The SMILES string of the molecule is COC(=O)CCC1CCCC(C)C1NC(=O)OCc1ccccc1. The number of ether oxygens (including phenoxy) is 2. The smallest absolute Gasteiger partial charge is 0.407 e. The zero-order valence-corrected chi connectivity index (χ0v) is 14.5. The van der Waals surface area contributed by atoms with Crippen molar-refractivity contribution in [3.05, 3.63) is 35.9 Å². The lowest BCUT2D eigenvalue weighted by atomic mass is 9.76. The highest BCUT2D eigenvalue weighted by Crippen LogP contribution is 2.32. The normalized spacial score (nSPS) is 23.3. The van der Waals surface area contributed by atoms with Gasteiger partial charge in [-0.1, -0.05) is 43.7 Å². The second-order valence-electron chi connectivity index (χ2n) is 6.51. The first-order valence-corrected chi connectivity index (χ1v) is 8.64. The van der Waals surface area contributed by atoms with Crippen LogP contribution in [0.15, 0.2) is 30.3 Å². The Morgan fingerprint density at radius 3 is 2.67 bits per heavy atom. The summed E-state index contributed by atoms with van der Waals surface area (Å²) in [5.41, 5.74) is 0.964. The quantitative estimate of drug-likeness (QED) is 0.807. The molecule has 0 spiro atoms. The average molecular weight is 333 g/mol. The molecule has 2 rings (SSSR count). The molecule has 1 fully saturated rings. The Bertz CT molecular complexity index is 531. The van der Waals surface area contributed by atoms with Crippen LogP contribution in [0.3, 0.4) is 0 Å². The van der Waals surface area contributed by atoms with Crippen LogP contribution < -0.4 is 5.32 Å². The zero-order chi connectivity index (χ0) is 17.4. The molecule has 0 heterocycles. The van der Waals surface area contributed by atoms with Crippen molar-refractivity contribution in [3.8, 4) is 0 Å². The van der Waals surface area contributed by atoms with E-state index < -0.39 is 0 Å². The van der Waals surface area contributed by atoms with Crippen molar-refractivity contribution in [2.45, 2.75) is 51.7 Å². The molecule has 1 saturated carbocycles. The monoisotopic (exact) mass is 333 g/mol. The van der Waals surface area contributed by atoms with Gasteiger partial charge in [-0.05, 0) is 36.7 Å². The lowest BCUT2D eigenvalue weighted by Crippen LogP contribution is -2.47. The molecule has 1 aromatic rings. The number of esters is 1. The highest BCUT2D eigenvalue weighted by atomic mass is 16.5. The molecule has 1 aliphatic rings. The van der Waals surface area contributed by atoms with Crippen molar-refractivity contribution in [2.75, 3.05) is 7.11 Å². The fourth-order valence-corrected chi connectivity index (χ4v) is 3.42. The molecule has 1 N–H and O–H groups in total. The van der Waals surface area contributed by atoms with Gasteiger partial charge in [-0.15, -0.1) is 0 Å². The summed E-state index contributed by atoms with van der Waals surface area (Å²) in [5, 5.41) is 3.02. The first-order valence-electron chi connectivity index (χ1n) is 8.64. The summed E-state index contributed by atoms with van der Waals surface area (Å²) < 4.78 is 10.1. The molecule has 132 valence electrons. The van der Waals surface area contributed by atoms with Crippen LogP contribution in [-0.4, -0.2) is 25.2 Å². The fraction of sp³-hybridized carbons (Fsp3) is 0.579. The van der Waals surface area contributed by atoms with E-state index in [0.717, 1.165) is 31.2 Å². The van der Waals surface area contributed by atoms with Crippen molar-refractivity contribution in [1.82, 2.24) is 5.32 Å². The maximum Gasteiger partial charge on any atom is 0.407 e. The summed E-state index contributed by atoms with van der Waals surface area (Å²) in [6.45, 7) is 2.41. The average Bonchev–Trinajstić information content (AvgIpc) is 2.61. The maximum absolute atomic E-state index is 12.1. The van der Waals surface area contributed by atoms with E-state index in [1.54, 1.807) is 0 Å². The largest absolute Gasteiger partial charge is 0.469 e. The van der Waals surface area contributed by atoms with Crippen LogP contribution in [0.4, 0.5) is 4.79 Å². The number of rotatable bonds is 6. The molecule has 1 aliphatic carbocycles. The Morgan fingerprint density at radius 1 is 1.21 bits per heavy atom. The van der Waals surface area contributed by atoms with Gasteiger partial charge in [0.15, 0.2) is 0 Å². The predicted octanol–water partition coefficient (Wildman–Crippen LogP) is 3.67. The van der Waals surface area contributed by atoms with Gasteiger partial charge in [0.25, 0.3) is 0 Å². The summed E-state index contributed by atoms with van der Waals surface area (Å²) >= 11 is 0. The number of hydrogen-bond donors (Lipinski definition) is 1. The molecule has 0 aromatic heterocycles. The Kier molecular flexibility index (Phi) is 7.09. The standard InChI is InChI=1S/C19H27NO4/c1-14-7-6-10-16(11-12-17(21)23-2)18(14)20-19(22)24-13-15-8-4-3-5-9-15/h3-5,8-9,14,16,18H,6-7,10-13H2,1-2H3,(H,20,22). The van der Waals surface area contributed by atoms with Gasteiger partial charge in [0.2, 0.25) is 0 Å². The van der Waals surface area contributed by atoms with Crippen molar-refractivity contribution in [1.29, 1.82) is 0 Å². The first-order chi connectivity index (χ1) is 11.6. The third kappa shape index (κ3) is 5.55. The van der Waals surface area contributed by atoms with Gasteiger partial charge in [-0.2, -0.15) is 0 Å². The van der Waals surface area contributed by atoms with Gasteiger partial charge in [-0.3, -0.25) is 4.79 Å². The maximum atomic E-state index is 12.1. The minimum Gasteiger partial charge on any atom is -0.469 e. The van der Waals surface area contributed by atoms with E-state index in [0.29, 0.717) is 12.3 Å². The fourth-order valence-electron chi connectivity index (χ4n) is 3.42. The molecule has 24 heavy (non-hydrogen) atoms. The minimum atomic E-state index is -0.388. The zero-order valence-electron chi connectivity index (χ0n) is 14.5. The van der Waals surface area contributed by atoms with Gasteiger partial charge in [0.1, 0.15) is 6.61 Å². The van der Waals surface area contributed by atoms with E-state index in [1.807, 2.05) is 30.3 Å². The Hall–Kier alpha value is -2.04. The van der Waals surface area contributed by atoms with Gasteiger partial charge in [-0.25, -0.2) is 4.79 Å². The highest BCUT2D eigenvalue weighted by molar-refractivity contribution is 5.69. The van der Waals surface area contributed by atoms with E-state index in [-0.39, 0.29) is 30.6 Å². The summed E-state index contributed by atoms with van der Waals surface area (Å²) in [6, 6.07) is 9.67. The number of nitrogens with one attached hydrogen (secondary N) is 1. The molecule has 0 saturated heterocycles. The van der Waals surface area contributed by atoms with E-state index >= 15 is 0 Å². The van der Waals surface area contributed by atoms with Gasteiger partial charge < -0.3 is 14.8 Å². The van der Waals surface area contributed by atoms with Crippen molar-refractivity contribution in [3.63, 3.8) is 0 Å². The number of amides is 1. The van der Waals surface area contributed by atoms with Crippen LogP contribution in [0.1, 0.15) is 44.6 Å². The van der Waals surface area contributed by atoms with E-state index in [1.165, 1.54) is 7.11 Å². The van der Waals surface area contributed by atoms with Gasteiger partial charge in [0, 0.05) is 12.5 Å². The number of carbonyl (C=O) groups is 2. The molecular formula is C19H27NO4. The van der Waals surface area contributed by atoms with Crippen molar-refractivity contribution < 1.29 is 19.1 Å². The predicted molar refractivity (Wildman–Crippen MR) is 91.3 cm³/mol. The molecule has 5 nitrogen and oxygen atoms in total. The molecule has 1 aromatic carbocycles. The lowest BCUT2D eigenvalue weighted by molar-refractivity contribution is -0.141. The van der Waals surface area contributed by atoms with E-state index in [9.17, 15) is 9.59 Å². The van der Waals surface area contributed by atoms with Crippen LogP contribution >= 0.6 is 0 Å². The molecule has 1 amide bonds. The molecular weight excluding hydrogens is 306 g/mol. The molecule has 3 unspecified atom stereocenters. The summed E-state index contributed by atoms with van der Waals surface area (Å²) in [7, 11) is 1.41. The Morgan fingerprint density at radius 2 is 1.96 bits per heavy atom. The lowest BCUT2D eigenvalue weighted by Gasteiger charge is -2.36. The number of hydrogen-bond acceptors (Lipinski definition) is 4. The van der Waals surface area contributed by atoms with E-state index in [4.69, 9.17) is 9.47 Å². The number of carbonyl (C=O) groups excluding carboxylic acids is 2. The van der Waals surface area contributed by atoms with Crippen LogP contribution in [0.25, 0.3) is 0 Å². The second kappa shape index (κ2) is 9.30. The molecule has 3 atom stereocenters. The summed E-state index contributed by atoms with van der Waals surface area (Å²) in [6.07, 6.45) is 3.97. The van der Waals surface area contributed by atoms with Crippen molar-refractivity contribution >= 4 is 12.1 Å². The number of alkyl carbamates (subject to hydrolysis) is 1. The third-order valence-corrected chi connectivity index (χ3v) is 4.80. The Labute approximate surface area is 143 Å². The molecule has 0 bridgehead atoms. The van der Waals surface area contributed by atoms with Crippen LogP contribution in [0.2, 0.25) is 0 Å². The topological polar surface area (TPSA) is 64.6 Å². The van der Waals surface area contributed by atoms with Crippen LogP contribution in [0.5, 0.6) is 0 Å². The minimum absolute atomic E-state index is 0.0479. The first kappa shape index (κ1) is 18.3. The molecule has 5 heteroatoms. The number of benzene rings is 1. The van der Waals surface area contributed by atoms with Crippen molar-refractivity contribution in [2.24, 2.45) is 11.8 Å². The van der Waals surface area contributed by atoms with Crippen LogP contribution in [-0.2, 0) is 20.9 Å². The van der Waals surface area contributed by atoms with Gasteiger partial charge in [0.05, 0.1) is 7.11 Å².